The quantitative estimate of drug-likeness (QED) is 0.420. The molecular weight excluding hydrogens is 400 g/mol. The first-order chi connectivity index (χ1) is 8.99. The fourth-order valence-corrected chi connectivity index (χ4v) is 3.21. The zero-order valence-corrected chi connectivity index (χ0v) is 13.6. The number of nitrogen functional groups attached to an aromatic ring is 1. The van der Waals surface area contributed by atoms with E-state index in [-0.39, 0.29) is 15.8 Å². The van der Waals surface area contributed by atoms with Gasteiger partial charge in [0.1, 0.15) is 11.6 Å². The molecule has 2 aromatic carbocycles. The highest BCUT2D eigenvalue weighted by molar-refractivity contribution is 9.10. The zero-order valence-electron chi connectivity index (χ0n) is 9.59. The number of halogens is 4. The molecule has 2 aromatic rings. The van der Waals surface area contributed by atoms with Crippen LogP contribution < -0.4 is 5.73 Å². The lowest BCUT2D eigenvalue weighted by molar-refractivity contribution is 0.562. The Balaban J connectivity index is 2.21. The van der Waals surface area contributed by atoms with Crippen molar-refractivity contribution in [3.05, 3.63) is 56.5 Å². The van der Waals surface area contributed by atoms with E-state index in [4.69, 9.17) is 5.73 Å². The summed E-state index contributed by atoms with van der Waals surface area (Å²) in [5.41, 5.74) is 6.47. The van der Waals surface area contributed by atoms with Crippen molar-refractivity contribution in [2.75, 3.05) is 5.73 Å². The fourth-order valence-electron chi connectivity index (χ4n) is 1.50. The van der Waals surface area contributed by atoms with Crippen molar-refractivity contribution < 1.29 is 8.78 Å². The van der Waals surface area contributed by atoms with E-state index in [0.29, 0.717) is 5.69 Å². The van der Waals surface area contributed by atoms with E-state index in [2.05, 4.69) is 31.9 Å². The molecule has 0 unspecified atom stereocenters. The average Bonchev–Trinajstić information content (AvgIpc) is 2.36. The third kappa shape index (κ3) is 3.49. The summed E-state index contributed by atoms with van der Waals surface area (Å²) in [5.74, 6) is -0.935. The van der Waals surface area contributed by atoms with Gasteiger partial charge >= 0.3 is 0 Å². The van der Waals surface area contributed by atoms with Crippen molar-refractivity contribution in [1.82, 2.24) is 0 Å². The minimum atomic E-state index is -0.566. The summed E-state index contributed by atoms with van der Waals surface area (Å²) in [6.45, 7) is 0. The Kier molecular flexibility index (Phi) is 4.86. The molecule has 0 radical (unpaired) electrons. The Bertz CT molecular complexity index is 620. The average molecular weight is 409 g/mol. The molecule has 0 bridgehead atoms. The number of thioether (sulfide) groups is 1. The topological polar surface area (TPSA) is 26.0 Å². The van der Waals surface area contributed by atoms with Crippen molar-refractivity contribution in [2.24, 2.45) is 0 Å². The molecule has 0 aliphatic rings. The van der Waals surface area contributed by atoms with E-state index in [9.17, 15) is 8.78 Å². The van der Waals surface area contributed by atoms with Crippen LogP contribution in [0.25, 0.3) is 0 Å². The van der Waals surface area contributed by atoms with Crippen molar-refractivity contribution in [3.8, 4) is 0 Å². The first-order valence-corrected chi connectivity index (χ1v) is 7.86. The van der Waals surface area contributed by atoms with Crippen LogP contribution in [0.1, 0.15) is 5.56 Å². The smallest absolute Gasteiger partial charge is 0.144 e. The van der Waals surface area contributed by atoms with E-state index in [1.54, 1.807) is 6.07 Å². The fraction of sp³-hybridized carbons (Fsp3) is 0.0769. The number of anilines is 1. The van der Waals surface area contributed by atoms with Gasteiger partial charge in [-0.1, -0.05) is 15.9 Å². The molecule has 100 valence electrons. The predicted molar refractivity (Wildman–Crippen MR) is 82.2 cm³/mol. The van der Waals surface area contributed by atoms with E-state index in [1.807, 2.05) is 12.1 Å². The van der Waals surface area contributed by atoms with Gasteiger partial charge in [-0.05, 0) is 46.3 Å². The molecule has 2 rings (SSSR count). The number of hydrogen-bond acceptors (Lipinski definition) is 2. The van der Waals surface area contributed by atoms with Crippen molar-refractivity contribution >= 4 is 49.3 Å². The van der Waals surface area contributed by atoms with E-state index < -0.39 is 11.6 Å². The van der Waals surface area contributed by atoms with Crippen molar-refractivity contribution in [3.63, 3.8) is 0 Å². The summed E-state index contributed by atoms with van der Waals surface area (Å²) in [6, 6.07) is 8.01. The predicted octanol–water partition coefficient (Wildman–Crippen LogP) is 5.36. The molecule has 0 fully saturated rings. The summed E-state index contributed by atoms with van der Waals surface area (Å²) in [6.07, 6.45) is 0. The first kappa shape index (κ1) is 14.8. The Morgan fingerprint density at radius 2 is 1.84 bits per heavy atom. The molecule has 0 atom stereocenters. The Labute approximate surface area is 130 Å². The van der Waals surface area contributed by atoms with E-state index in [0.717, 1.165) is 9.37 Å². The van der Waals surface area contributed by atoms with Gasteiger partial charge in [-0.2, -0.15) is 0 Å². The number of rotatable bonds is 3. The van der Waals surface area contributed by atoms with Gasteiger partial charge in [-0.15, -0.1) is 11.8 Å². The van der Waals surface area contributed by atoms with Crippen LogP contribution in [-0.4, -0.2) is 0 Å². The molecule has 6 heteroatoms. The highest BCUT2D eigenvalue weighted by Gasteiger charge is 2.13. The number of benzene rings is 2. The highest BCUT2D eigenvalue weighted by Crippen LogP contribution is 2.32. The molecule has 0 aliphatic heterocycles. The van der Waals surface area contributed by atoms with Gasteiger partial charge in [0, 0.05) is 26.4 Å². The molecule has 0 aliphatic carbocycles. The van der Waals surface area contributed by atoms with E-state index in [1.165, 1.54) is 23.9 Å². The highest BCUT2D eigenvalue weighted by atomic mass is 79.9. The van der Waals surface area contributed by atoms with Gasteiger partial charge in [0.15, 0.2) is 0 Å². The maximum absolute atomic E-state index is 13.8. The summed E-state index contributed by atoms with van der Waals surface area (Å²) in [5, 5.41) is 0. The third-order valence-corrected chi connectivity index (χ3v) is 4.70. The molecule has 0 saturated heterocycles. The largest absolute Gasteiger partial charge is 0.398 e. The molecular formula is C13H9Br2F2NS. The number of hydrogen-bond donors (Lipinski definition) is 1. The molecule has 19 heavy (non-hydrogen) atoms. The summed E-state index contributed by atoms with van der Waals surface area (Å²) in [4.78, 5) is 0.793. The van der Waals surface area contributed by atoms with Crippen molar-refractivity contribution in [1.29, 1.82) is 0 Å². The molecule has 0 amide bonds. The Hall–Kier alpha value is -0.590. The number of nitrogens with two attached hydrogens (primary N) is 1. The summed E-state index contributed by atoms with van der Waals surface area (Å²) < 4.78 is 28.5. The lowest BCUT2D eigenvalue weighted by atomic mass is 10.2. The molecule has 1 nitrogen and oxygen atoms in total. The molecule has 2 N–H and O–H groups in total. The maximum atomic E-state index is 13.8. The Morgan fingerprint density at radius 1 is 1.11 bits per heavy atom. The first-order valence-electron chi connectivity index (χ1n) is 5.29. The lowest BCUT2D eigenvalue weighted by Crippen LogP contribution is -1.95. The molecule has 0 aromatic heterocycles. The summed E-state index contributed by atoms with van der Waals surface area (Å²) in [7, 11) is 0. The minimum absolute atomic E-state index is 0.0432. The van der Waals surface area contributed by atoms with Gasteiger partial charge in [0.05, 0.1) is 4.47 Å². The van der Waals surface area contributed by atoms with Gasteiger partial charge in [0.2, 0.25) is 0 Å². The second-order valence-electron chi connectivity index (χ2n) is 3.79. The Morgan fingerprint density at radius 3 is 2.53 bits per heavy atom. The zero-order chi connectivity index (χ0) is 14.0. The molecule has 0 heterocycles. The minimum Gasteiger partial charge on any atom is -0.398 e. The van der Waals surface area contributed by atoms with Crippen LogP contribution in [0, 0.1) is 11.6 Å². The van der Waals surface area contributed by atoms with Crippen LogP contribution in [-0.2, 0) is 5.75 Å². The third-order valence-electron chi connectivity index (χ3n) is 2.48. The standard InChI is InChI=1S/C13H9Br2F2NS/c14-7-1-4-12(11(18)5-7)19-6-8-10(16)3-2-9(15)13(8)17/h1-5H,6,18H2. The van der Waals surface area contributed by atoms with Crippen LogP contribution in [0.3, 0.4) is 0 Å². The lowest BCUT2D eigenvalue weighted by Gasteiger charge is -2.08. The molecule has 0 spiro atoms. The van der Waals surface area contributed by atoms with Crippen LogP contribution >= 0.6 is 43.6 Å². The molecule has 0 saturated carbocycles. The van der Waals surface area contributed by atoms with Gasteiger partial charge in [-0.3, -0.25) is 0 Å². The second kappa shape index (κ2) is 6.24. The SMILES string of the molecule is Nc1cc(Br)ccc1SCc1c(F)ccc(Br)c1F. The van der Waals surface area contributed by atoms with Crippen LogP contribution in [0.2, 0.25) is 0 Å². The van der Waals surface area contributed by atoms with Crippen LogP contribution in [0.15, 0.2) is 44.2 Å². The maximum Gasteiger partial charge on any atom is 0.144 e. The monoisotopic (exact) mass is 407 g/mol. The van der Waals surface area contributed by atoms with Gasteiger partial charge in [0.25, 0.3) is 0 Å². The van der Waals surface area contributed by atoms with Gasteiger partial charge < -0.3 is 5.73 Å². The normalized spacial score (nSPS) is 10.7. The van der Waals surface area contributed by atoms with Gasteiger partial charge in [-0.25, -0.2) is 8.78 Å². The second-order valence-corrected chi connectivity index (χ2v) is 6.58. The van der Waals surface area contributed by atoms with Crippen LogP contribution in [0.4, 0.5) is 14.5 Å². The van der Waals surface area contributed by atoms with E-state index >= 15 is 0 Å². The van der Waals surface area contributed by atoms with Crippen LogP contribution in [0.5, 0.6) is 0 Å². The summed E-state index contributed by atoms with van der Waals surface area (Å²) >= 11 is 7.66. The van der Waals surface area contributed by atoms with Crippen molar-refractivity contribution in [2.45, 2.75) is 10.6 Å².